The molecule has 2 aromatic rings. The first-order valence-electron chi connectivity index (χ1n) is 8.31. The van der Waals surface area contributed by atoms with Crippen LogP contribution in [0.4, 0.5) is 0 Å². The normalized spacial score (nSPS) is 18.8. The highest BCUT2D eigenvalue weighted by molar-refractivity contribution is 5.81. The highest BCUT2D eigenvalue weighted by Gasteiger charge is 2.44. The molecule has 134 valence electrons. The van der Waals surface area contributed by atoms with Gasteiger partial charge in [0.2, 0.25) is 5.60 Å². The smallest absolute Gasteiger partial charge is 0.348 e. The Balaban J connectivity index is 1.74. The number of likely N-dealkylation sites (tertiary alicyclic amines) is 1. The average molecular weight is 346 g/mol. The average Bonchev–Trinajstić information content (AvgIpc) is 2.63. The van der Waals surface area contributed by atoms with Gasteiger partial charge in [-0.25, -0.2) is 4.79 Å². The zero-order chi connectivity index (χ0) is 17.9. The van der Waals surface area contributed by atoms with E-state index in [0.717, 1.165) is 10.9 Å². The van der Waals surface area contributed by atoms with E-state index in [2.05, 4.69) is 4.98 Å². The summed E-state index contributed by atoms with van der Waals surface area (Å²) in [7, 11) is 0. The molecule has 1 fully saturated rings. The number of benzene rings is 1. The fourth-order valence-corrected chi connectivity index (χ4v) is 3.15. The van der Waals surface area contributed by atoms with Crippen molar-refractivity contribution >= 4 is 16.9 Å². The van der Waals surface area contributed by atoms with E-state index in [4.69, 9.17) is 9.84 Å². The minimum Gasteiger partial charge on any atom is -0.478 e. The number of carboxylic acids is 1. The predicted octanol–water partition coefficient (Wildman–Crippen LogP) is 0.886. The molecule has 3 rings (SSSR count). The largest absolute Gasteiger partial charge is 0.478 e. The van der Waals surface area contributed by atoms with E-state index >= 15 is 0 Å². The number of aliphatic carboxylic acids is 1. The van der Waals surface area contributed by atoms with Gasteiger partial charge in [-0.05, 0) is 24.3 Å². The van der Waals surface area contributed by atoms with Crippen molar-refractivity contribution in [1.29, 1.82) is 0 Å². The van der Waals surface area contributed by atoms with Crippen molar-refractivity contribution in [2.75, 3.05) is 26.2 Å². The molecule has 0 radical (unpaired) electrons. The van der Waals surface area contributed by atoms with E-state index in [9.17, 15) is 15.0 Å². The molecule has 1 aliphatic rings. The summed E-state index contributed by atoms with van der Waals surface area (Å²) in [4.78, 5) is 18.1. The van der Waals surface area contributed by atoms with Crippen molar-refractivity contribution in [2.24, 2.45) is 0 Å². The van der Waals surface area contributed by atoms with E-state index in [-0.39, 0.29) is 6.61 Å². The van der Waals surface area contributed by atoms with Crippen molar-refractivity contribution in [3.63, 3.8) is 0 Å². The fourth-order valence-electron chi connectivity index (χ4n) is 3.15. The number of β-amino-alcohol motifs (C(OH)–C–C–N with tert-alkyl or cyclic N) is 1. The van der Waals surface area contributed by atoms with Gasteiger partial charge in [0.05, 0.1) is 18.2 Å². The minimum absolute atomic E-state index is 0.303. The summed E-state index contributed by atoms with van der Waals surface area (Å²) in [6.07, 6.45) is 1.51. The summed E-state index contributed by atoms with van der Waals surface area (Å²) in [6.45, 7) is 0.993. The molecular formula is C18H22N2O5. The van der Waals surface area contributed by atoms with Crippen LogP contribution >= 0.6 is 0 Å². The molecule has 1 atom stereocenters. The Morgan fingerprint density at radius 1 is 1.32 bits per heavy atom. The molecule has 7 heteroatoms. The summed E-state index contributed by atoms with van der Waals surface area (Å²) >= 11 is 0. The van der Waals surface area contributed by atoms with E-state index in [1.807, 2.05) is 23.1 Å². The number of hydrogen-bond acceptors (Lipinski definition) is 6. The van der Waals surface area contributed by atoms with Gasteiger partial charge >= 0.3 is 5.97 Å². The molecule has 0 unspecified atom stereocenters. The standard InChI is InChI=1S/C18H22N2O5/c21-12-14(22)11-20-8-5-18(6-9-20,17(23)24)25-15-3-4-16-13(10-15)2-1-7-19-16/h1-4,7,10,14,21-22H,5-6,8-9,11-12H2,(H,23,24)/t14-/m1/s1. The van der Waals surface area contributed by atoms with Crippen molar-refractivity contribution in [3.8, 4) is 5.75 Å². The topological polar surface area (TPSA) is 103 Å². The van der Waals surface area contributed by atoms with Gasteiger partial charge in [-0.3, -0.25) is 4.98 Å². The number of aliphatic hydroxyl groups is 2. The molecule has 2 heterocycles. The summed E-state index contributed by atoms with van der Waals surface area (Å²) in [5, 5.41) is 29.1. The molecule has 0 amide bonds. The zero-order valence-electron chi connectivity index (χ0n) is 13.8. The third kappa shape index (κ3) is 3.89. The van der Waals surface area contributed by atoms with Crippen molar-refractivity contribution in [3.05, 3.63) is 36.5 Å². The van der Waals surface area contributed by atoms with Gasteiger partial charge in [-0.1, -0.05) is 6.07 Å². The van der Waals surface area contributed by atoms with Gasteiger partial charge in [-0.2, -0.15) is 0 Å². The number of pyridine rings is 1. The van der Waals surface area contributed by atoms with Crippen LogP contribution in [0.5, 0.6) is 5.75 Å². The second-order valence-corrected chi connectivity index (χ2v) is 6.40. The molecule has 3 N–H and O–H groups in total. The molecule has 0 spiro atoms. The number of aliphatic hydroxyl groups excluding tert-OH is 2. The number of fused-ring (bicyclic) bond motifs is 1. The lowest BCUT2D eigenvalue weighted by Gasteiger charge is -2.39. The van der Waals surface area contributed by atoms with Gasteiger partial charge in [0.25, 0.3) is 0 Å². The van der Waals surface area contributed by atoms with Crippen molar-refractivity contribution in [2.45, 2.75) is 24.5 Å². The monoisotopic (exact) mass is 346 g/mol. The lowest BCUT2D eigenvalue weighted by Crippen LogP contribution is -2.54. The van der Waals surface area contributed by atoms with Crippen molar-refractivity contribution < 1.29 is 24.9 Å². The van der Waals surface area contributed by atoms with Crippen LogP contribution in [-0.4, -0.2) is 69.1 Å². The van der Waals surface area contributed by atoms with Crippen LogP contribution in [0.3, 0.4) is 0 Å². The van der Waals surface area contributed by atoms with E-state index in [0.29, 0.717) is 38.2 Å². The van der Waals surface area contributed by atoms with Crippen LogP contribution in [0.2, 0.25) is 0 Å². The highest BCUT2D eigenvalue weighted by Crippen LogP contribution is 2.30. The van der Waals surface area contributed by atoms with Gasteiger partial charge < -0.3 is 25.0 Å². The maximum absolute atomic E-state index is 11.9. The Hall–Kier alpha value is -2.22. The molecule has 1 aromatic carbocycles. The third-order valence-corrected chi connectivity index (χ3v) is 4.62. The van der Waals surface area contributed by atoms with E-state index in [1.54, 1.807) is 18.3 Å². The number of carboxylic acid groups (broad SMARTS) is 1. The maximum atomic E-state index is 11.9. The molecule has 1 aromatic heterocycles. The molecule has 25 heavy (non-hydrogen) atoms. The van der Waals surface area contributed by atoms with Crippen LogP contribution in [-0.2, 0) is 4.79 Å². The Morgan fingerprint density at radius 2 is 2.08 bits per heavy atom. The zero-order valence-corrected chi connectivity index (χ0v) is 13.8. The number of hydrogen-bond donors (Lipinski definition) is 3. The Kier molecular flexibility index (Phi) is 5.17. The summed E-state index contributed by atoms with van der Waals surface area (Å²) < 4.78 is 5.93. The maximum Gasteiger partial charge on any atom is 0.348 e. The second-order valence-electron chi connectivity index (χ2n) is 6.40. The van der Waals surface area contributed by atoms with Crippen LogP contribution in [0, 0.1) is 0 Å². The first kappa shape index (κ1) is 17.6. The first-order chi connectivity index (χ1) is 12.0. The van der Waals surface area contributed by atoms with Gasteiger partial charge in [0.15, 0.2) is 0 Å². The molecule has 0 aliphatic carbocycles. The Labute approximate surface area is 145 Å². The molecule has 1 aliphatic heterocycles. The molecule has 1 saturated heterocycles. The second kappa shape index (κ2) is 7.35. The number of nitrogens with zero attached hydrogens (tertiary/aromatic N) is 2. The number of ether oxygens (including phenoxy) is 1. The summed E-state index contributed by atoms with van der Waals surface area (Å²) in [5.41, 5.74) is -0.455. The molecule has 0 bridgehead atoms. The van der Waals surface area contributed by atoms with Crippen LogP contribution in [0.15, 0.2) is 36.5 Å². The molecular weight excluding hydrogens is 324 g/mol. The number of rotatable bonds is 6. The third-order valence-electron chi connectivity index (χ3n) is 4.62. The first-order valence-corrected chi connectivity index (χ1v) is 8.31. The van der Waals surface area contributed by atoms with Crippen molar-refractivity contribution in [1.82, 2.24) is 9.88 Å². The fraction of sp³-hybridized carbons (Fsp3) is 0.444. The van der Waals surface area contributed by atoms with Gasteiger partial charge in [0.1, 0.15) is 5.75 Å². The van der Waals surface area contributed by atoms with E-state index in [1.165, 1.54) is 0 Å². The summed E-state index contributed by atoms with van der Waals surface area (Å²) in [5.74, 6) is -0.479. The number of carbonyl (C=O) groups is 1. The quantitative estimate of drug-likeness (QED) is 0.713. The van der Waals surface area contributed by atoms with Crippen LogP contribution < -0.4 is 4.74 Å². The predicted molar refractivity (Wildman–Crippen MR) is 91.5 cm³/mol. The lowest BCUT2D eigenvalue weighted by atomic mass is 9.91. The SMILES string of the molecule is O=C(O)C1(Oc2ccc3ncccc3c2)CCN(C[C@@H](O)CO)CC1. The van der Waals surface area contributed by atoms with Gasteiger partial charge in [-0.15, -0.1) is 0 Å². The minimum atomic E-state index is -1.28. The van der Waals surface area contributed by atoms with Gasteiger partial charge in [0, 0.05) is 44.1 Å². The van der Waals surface area contributed by atoms with Crippen LogP contribution in [0.1, 0.15) is 12.8 Å². The lowest BCUT2D eigenvalue weighted by molar-refractivity contribution is -0.160. The van der Waals surface area contributed by atoms with Crippen LogP contribution in [0.25, 0.3) is 10.9 Å². The van der Waals surface area contributed by atoms with E-state index < -0.39 is 17.7 Å². The molecule has 0 saturated carbocycles. The number of aromatic nitrogens is 1. The summed E-state index contributed by atoms with van der Waals surface area (Å²) in [6, 6.07) is 9.08. The Bertz CT molecular complexity index is 743. The molecule has 7 nitrogen and oxygen atoms in total. The number of piperidine rings is 1. The Morgan fingerprint density at radius 3 is 2.76 bits per heavy atom. The highest BCUT2D eigenvalue weighted by atomic mass is 16.5.